The fourth-order valence-electron chi connectivity index (χ4n) is 1.41. The van der Waals surface area contributed by atoms with Gasteiger partial charge in [0.25, 0.3) is 0 Å². The van der Waals surface area contributed by atoms with Crippen LogP contribution in [0.15, 0.2) is 28.3 Å². The van der Waals surface area contributed by atoms with Crippen molar-refractivity contribution >= 4 is 17.6 Å². The summed E-state index contributed by atoms with van der Waals surface area (Å²) >= 11 is 1.03. The van der Waals surface area contributed by atoms with Gasteiger partial charge in [-0.05, 0) is 40.4 Å². The van der Waals surface area contributed by atoms with E-state index >= 15 is 0 Å². The fraction of sp³-hybridized carbons (Fsp3) is 0.200. The minimum absolute atomic E-state index is 0.00664. The van der Waals surface area contributed by atoms with E-state index in [1.165, 1.54) is 10.7 Å². The summed E-state index contributed by atoms with van der Waals surface area (Å²) in [5.74, 6) is -0.450. The van der Waals surface area contributed by atoms with E-state index in [4.69, 9.17) is 11.1 Å². The molecule has 0 aliphatic heterocycles. The number of nitrogen functional groups attached to an aromatic ring is 1. The molecule has 0 unspecified atom stereocenters. The number of rotatable bonds is 3. The van der Waals surface area contributed by atoms with Crippen LogP contribution in [0.25, 0.3) is 0 Å². The molecule has 2 rings (SSSR count). The zero-order chi connectivity index (χ0) is 14.9. The van der Waals surface area contributed by atoms with Gasteiger partial charge in [-0.15, -0.1) is 5.10 Å². The summed E-state index contributed by atoms with van der Waals surface area (Å²) in [7, 11) is 1.60. The molecule has 0 bridgehead atoms. The van der Waals surface area contributed by atoms with Crippen molar-refractivity contribution in [2.75, 3.05) is 0 Å². The number of amidine groups is 1. The van der Waals surface area contributed by atoms with Gasteiger partial charge in [0.05, 0.1) is 5.56 Å². The van der Waals surface area contributed by atoms with Gasteiger partial charge in [0.2, 0.25) is 5.16 Å². The molecule has 0 saturated carbocycles. The predicted octanol–water partition coefficient (Wildman–Crippen LogP) is 1.66. The number of aryl methyl sites for hydroxylation is 1. The molecule has 20 heavy (non-hydrogen) atoms. The van der Waals surface area contributed by atoms with Gasteiger partial charge in [0, 0.05) is 17.5 Å². The number of halogens is 3. The van der Waals surface area contributed by atoms with Crippen molar-refractivity contribution in [3.05, 3.63) is 29.3 Å². The summed E-state index contributed by atoms with van der Waals surface area (Å²) < 4.78 is 39.3. The van der Waals surface area contributed by atoms with Crippen molar-refractivity contribution in [3.63, 3.8) is 0 Å². The molecule has 3 N–H and O–H groups in total. The van der Waals surface area contributed by atoms with Gasteiger partial charge in [0.15, 0.2) is 0 Å². The molecule has 1 aromatic carbocycles. The fourth-order valence-corrected chi connectivity index (χ4v) is 2.27. The van der Waals surface area contributed by atoms with Gasteiger partial charge in [-0.1, -0.05) is 0 Å². The maximum absolute atomic E-state index is 12.6. The van der Waals surface area contributed by atoms with Gasteiger partial charge in [0.1, 0.15) is 5.84 Å². The van der Waals surface area contributed by atoms with Crippen LogP contribution in [-0.2, 0) is 13.2 Å². The first-order chi connectivity index (χ1) is 9.29. The quantitative estimate of drug-likeness (QED) is 0.664. The SMILES string of the molecule is Cn1nnnc1Sc1ccc(C(F)(F)F)cc1C(=N)N. The second-order valence-corrected chi connectivity index (χ2v) is 4.82. The third-order valence-electron chi connectivity index (χ3n) is 2.38. The van der Waals surface area contributed by atoms with E-state index < -0.39 is 17.6 Å². The smallest absolute Gasteiger partial charge is 0.384 e. The molecule has 1 heterocycles. The van der Waals surface area contributed by atoms with Crippen molar-refractivity contribution in [3.8, 4) is 0 Å². The minimum atomic E-state index is -4.49. The highest BCUT2D eigenvalue weighted by Crippen LogP contribution is 2.34. The molecule has 1 aromatic heterocycles. The lowest BCUT2D eigenvalue weighted by Crippen LogP contribution is -2.15. The minimum Gasteiger partial charge on any atom is -0.384 e. The van der Waals surface area contributed by atoms with Crippen LogP contribution in [0.4, 0.5) is 13.2 Å². The number of nitrogens with two attached hydrogens (primary N) is 1. The average Bonchev–Trinajstić information content (AvgIpc) is 2.74. The second-order valence-electron chi connectivity index (χ2n) is 3.81. The Kier molecular flexibility index (Phi) is 3.66. The highest BCUT2D eigenvalue weighted by Gasteiger charge is 2.31. The Morgan fingerprint density at radius 2 is 2.10 bits per heavy atom. The maximum Gasteiger partial charge on any atom is 0.416 e. The molecule has 0 amide bonds. The number of nitrogens with one attached hydrogen (secondary N) is 1. The standard InChI is InChI=1S/C10H9F3N6S/c1-19-9(16-17-18-19)20-7-3-2-5(10(11,12)13)4-6(7)8(14)15/h2-4H,1H3,(H3,14,15). The van der Waals surface area contributed by atoms with Crippen LogP contribution in [0.5, 0.6) is 0 Å². The first-order valence-corrected chi connectivity index (χ1v) is 6.06. The van der Waals surface area contributed by atoms with Gasteiger partial charge >= 0.3 is 6.18 Å². The van der Waals surface area contributed by atoms with E-state index in [1.54, 1.807) is 7.05 Å². The van der Waals surface area contributed by atoms with E-state index in [0.717, 1.165) is 23.9 Å². The molecule has 0 radical (unpaired) electrons. The van der Waals surface area contributed by atoms with E-state index in [0.29, 0.717) is 10.1 Å². The number of alkyl halides is 3. The normalized spacial score (nSPS) is 11.6. The van der Waals surface area contributed by atoms with Crippen LogP contribution >= 0.6 is 11.8 Å². The molecule has 2 aromatic rings. The average molecular weight is 302 g/mol. The van der Waals surface area contributed by atoms with Crippen LogP contribution in [0, 0.1) is 5.41 Å². The predicted molar refractivity (Wildman–Crippen MR) is 65.4 cm³/mol. The summed E-state index contributed by atoms with van der Waals surface area (Å²) in [6.45, 7) is 0. The summed E-state index contributed by atoms with van der Waals surface area (Å²) in [6, 6.07) is 3.02. The van der Waals surface area contributed by atoms with E-state index in [1.807, 2.05) is 0 Å². The number of aromatic nitrogens is 4. The molecule has 0 spiro atoms. The summed E-state index contributed by atoms with van der Waals surface area (Å²) in [5, 5.41) is 18.5. The van der Waals surface area contributed by atoms with Crippen LogP contribution < -0.4 is 5.73 Å². The molecular formula is C10H9F3N6S. The monoisotopic (exact) mass is 302 g/mol. The van der Waals surface area contributed by atoms with Crippen molar-refractivity contribution in [1.29, 1.82) is 5.41 Å². The van der Waals surface area contributed by atoms with Crippen LogP contribution in [0.1, 0.15) is 11.1 Å². The summed E-state index contributed by atoms with van der Waals surface area (Å²) in [6.07, 6.45) is -4.49. The molecule has 0 atom stereocenters. The van der Waals surface area contributed by atoms with Gasteiger partial charge < -0.3 is 5.73 Å². The molecule has 10 heteroatoms. The third kappa shape index (κ3) is 2.90. The Morgan fingerprint density at radius 3 is 2.60 bits per heavy atom. The second kappa shape index (κ2) is 5.12. The first kappa shape index (κ1) is 14.3. The lowest BCUT2D eigenvalue weighted by molar-refractivity contribution is -0.137. The lowest BCUT2D eigenvalue weighted by atomic mass is 10.1. The van der Waals surface area contributed by atoms with Crippen LogP contribution in [0.2, 0.25) is 0 Å². The molecule has 0 fully saturated rings. The third-order valence-corrected chi connectivity index (χ3v) is 3.48. The number of hydrogen-bond donors (Lipinski definition) is 2. The van der Waals surface area contributed by atoms with Crippen molar-refractivity contribution in [1.82, 2.24) is 20.2 Å². The van der Waals surface area contributed by atoms with Crippen molar-refractivity contribution in [2.45, 2.75) is 16.2 Å². The molecule has 0 aliphatic rings. The molecule has 0 aliphatic carbocycles. The Balaban J connectivity index is 2.43. The number of nitrogens with zero attached hydrogens (tertiary/aromatic N) is 4. The number of benzene rings is 1. The van der Waals surface area contributed by atoms with Crippen LogP contribution in [-0.4, -0.2) is 26.0 Å². The summed E-state index contributed by atoms with van der Waals surface area (Å²) in [5.41, 5.74) is 4.47. The van der Waals surface area contributed by atoms with Crippen molar-refractivity contribution < 1.29 is 13.2 Å². The van der Waals surface area contributed by atoms with Gasteiger partial charge in [-0.3, -0.25) is 5.41 Å². The molecule has 106 valence electrons. The van der Waals surface area contributed by atoms with E-state index in [9.17, 15) is 13.2 Å². The maximum atomic E-state index is 12.6. The van der Waals surface area contributed by atoms with Gasteiger partial charge in [-0.2, -0.15) is 13.2 Å². The first-order valence-electron chi connectivity index (χ1n) is 5.25. The Morgan fingerprint density at radius 1 is 1.40 bits per heavy atom. The topological polar surface area (TPSA) is 93.5 Å². The van der Waals surface area contributed by atoms with Gasteiger partial charge in [-0.25, -0.2) is 4.68 Å². The van der Waals surface area contributed by atoms with Crippen LogP contribution in [0.3, 0.4) is 0 Å². The Labute approximate surface area is 115 Å². The zero-order valence-electron chi connectivity index (χ0n) is 10.1. The molecule has 6 nitrogen and oxygen atoms in total. The Hall–Kier alpha value is -2.10. The highest BCUT2D eigenvalue weighted by molar-refractivity contribution is 7.99. The largest absolute Gasteiger partial charge is 0.416 e. The van der Waals surface area contributed by atoms with E-state index in [-0.39, 0.29) is 5.56 Å². The highest BCUT2D eigenvalue weighted by atomic mass is 32.2. The van der Waals surface area contributed by atoms with Crippen molar-refractivity contribution in [2.24, 2.45) is 12.8 Å². The number of tetrazole rings is 1. The summed E-state index contributed by atoms with van der Waals surface area (Å²) in [4.78, 5) is 0.378. The van der Waals surface area contributed by atoms with E-state index in [2.05, 4.69) is 15.5 Å². The lowest BCUT2D eigenvalue weighted by Gasteiger charge is -2.11. The molecular weight excluding hydrogens is 293 g/mol. The number of hydrogen-bond acceptors (Lipinski definition) is 5. The molecule has 0 saturated heterocycles. The Bertz CT molecular complexity index is 651. The zero-order valence-corrected chi connectivity index (χ0v) is 11.0.